The van der Waals surface area contributed by atoms with Crippen LogP contribution in [-0.4, -0.2) is 26.1 Å². The lowest BCUT2D eigenvalue weighted by Crippen LogP contribution is -2.13. The molecule has 0 aliphatic carbocycles. The maximum atomic E-state index is 12.0. The lowest BCUT2D eigenvalue weighted by molar-refractivity contribution is 0.102. The number of carbonyl (C=O) groups excluding carboxylic acids is 1. The summed E-state index contributed by atoms with van der Waals surface area (Å²) in [6, 6.07) is 8.20. The van der Waals surface area contributed by atoms with Crippen molar-refractivity contribution in [2.75, 3.05) is 5.32 Å². The number of anilines is 1. The summed E-state index contributed by atoms with van der Waals surface area (Å²) in [5.41, 5.74) is 2.49. The molecule has 0 aliphatic rings. The van der Waals surface area contributed by atoms with E-state index >= 15 is 0 Å². The second-order valence-electron chi connectivity index (χ2n) is 5.23. The van der Waals surface area contributed by atoms with Crippen LogP contribution in [0.4, 0.5) is 5.13 Å². The quantitative estimate of drug-likeness (QED) is 0.795. The molecular formula is C16H15N5OS. The fraction of sp³-hybridized carbons (Fsp3) is 0.188. The number of benzene rings is 1. The van der Waals surface area contributed by atoms with Crippen LogP contribution in [0.2, 0.25) is 0 Å². The highest BCUT2D eigenvalue weighted by Gasteiger charge is 2.12. The Hall–Kier alpha value is -2.67. The van der Waals surface area contributed by atoms with Crippen LogP contribution in [0, 0.1) is 0 Å². The third kappa shape index (κ3) is 3.57. The maximum absolute atomic E-state index is 12.0. The molecule has 0 radical (unpaired) electrons. The summed E-state index contributed by atoms with van der Waals surface area (Å²) in [5, 5.41) is 12.0. The van der Waals surface area contributed by atoms with Crippen molar-refractivity contribution >= 4 is 22.4 Å². The van der Waals surface area contributed by atoms with E-state index in [2.05, 4.69) is 51.5 Å². The molecule has 7 heteroatoms. The van der Waals surface area contributed by atoms with Crippen molar-refractivity contribution in [2.45, 2.75) is 19.8 Å². The van der Waals surface area contributed by atoms with Crippen LogP contribution >= 0.6 is 11.3 Å². The molecule has 2 aromatic heterocycles. The molecular weight excluding hydrogens is 310 g/mol. The fourth-order valence-electron chi connectivity index (χ4n) is 1.98. The van der Waals surface area contributed by atoms with Crippen LogP contribution in [0.5, 0.6) is 0 Å². The number of rotatable bonds is 4. The lowest BCUT2D eigenvalue weighted by atomic mass is 10.0. The molecule has 3 rings (SSSR count). The summed E-state index contributed by atoms with van der Waals surface area (Å²) in [7, 11) is 0. The van der Waals surface area contributed by atoms with E-state index in [1.54, 1.807) is 0 Å². The first kappa shape index (κ1) is 15.2. The van der Waals surface area contributed by atoms with Crippen molar-refractivity contribution in [2.24, 2.45) is 0 Å². The van der Waals surface area contributed by atoms with Gasteiger partial charge in [-0.25, -0.2) is 4.98 Å². The van der Waals surface area contributed by atoms with Gasteiger partial charge in [0, 0.05) is 18.0 Å². The Labute approximate surface area is 137 Å². The van der Waals surface area contributed by atoms with Crippen LogP contribution in [-0.2, 0) is 0 Å². The molecule has 1 aromatic carbocycles. The van der Waals surface area contributed by atoms with Gasteiger partial charge in [0.15, 0.2) is 0 Å². The molecule has 0 saturated heterocycles. The van der Waals surface area contributed by atoms with Crippen LogP contribution < -0.4 is 5.32 Å². The zero-order valence-electron chi connectivity index (χ0n) is 12.7. The monoisotopic (exact) mass is 325 g/mol. The van der Waals surface area contributed by atoms with Gasteiger partial charge in [-0.1, -0.05) is 49.4 Å². The molecule has 23 heavy (non-hydrogen) atoms. The average Bonchev–Trinajstić information content (AvgIpc) is 3.04. The van der Waals surface area contributed by atoms with Crippen molar-refractivity contribution in [1.82, 2.24) is 20.2 Å². The SMILES string of the molecule is CC(C)c1ccc(-c2nnc(NC(=O)c3cnccn3)s2)cc1. The summed E-state index contributed by atoms with van der Waals surface area (Å²) < 4.78 is 0. The zero-order chi connectivity index (χ0) is 16.2. The molecule has 0 spiro atoms. The third-order valence-corrected chi connectivity index (χ3v) is 4.15. The fourth-order valence-corrected chi connectivity index (χ4v) is 2.72. The molecule has 3 aromatic rings. The minimum absolute atomic E-state index is 0.241. The van der Waals surface area contributed by atoms with E-state index in [1.165, 1.54) is 35.5 Å². The lowest BCUT2D eigenvalue weighted by Gasteiger charge is -2.04. The highest BCUT2D eigenvalue weighted by Crippen LogP contribution is 2.27. The van der Waals surface area contributed by atoms with Crippen molar-refractivity contribution in [3.63, 3.8) is 0 Å². The van der Waals surface area contributed by atoms with Crippen molar-refractivity contribution in [3.05, 3.63) is 54.1 Å². The summed E-state index contributed by atoms with van der Waals surface area (Å²) in [5.74, 6) is 0.135. The van der Waals surface area contributed by atoms with Gasteiger partial charge in [-0.3, -0.25) is 15.1 Å². The Morgan fingerprint density at radius 3 is 2.57 bits per heavy atom. The molecule has 1 amide bonds. The van der Waals surface area contributed by atoms with E-state index in [0.717, 1.165) is 10.6 Å². The predicted molar refractivity (Wildman–Crippen MR) is 89.4 cm³/mol. The second kappa shape index (κ2) is 6.62. The molecule has 0 fully saturated rings. The van der Waals surface area contributed by atoms with E-state index in [4.69, 9.17) is 0 Å². The Morgan fingerprint density at radius 2 is 1.91 bits per heavy atom. The van der Waals surface area contributed by atoms with Crippen molar-refractivity contribution in [3.8, 4) is 10.6 Å². The molecule has 116 valence electrons. The molecule has 1 N–H and O–H groups in total. The summed E-state index contributed by atoms with van der Waals surface area (Å²) in [4.78, 5) is 19.8. The van der Waals surface area contributed by atoms with Crippen LogP contribution in [0.1, 0.15) is 35.8 Å². The van der Waals surface area contributed by atoms with Gasteiger partial charge in [0.1, 0.15) is 10.7 Å². The number of nitrogens with zero attached hydrogens (tertiary/aromatic N) is 4. The Balaban J connectivity index is 1.74. The van der Waals surface area contributed by atoms with Gasteiger partial charge in [-0.15, -0.1) is 10.2 Å². The minimum atomic E-state index is -0.351. The number of hydrogen-bond acceptors (Lipinski definition) is 6. The van der Waals surface area contributed by atoms with Gasteiger partial charge in [-0.05, 0) is 11.5 Å². The van der Waals surface area contributed by atoms with E-state index in [0.29, 0.717) is 11.0 Å². The first-order valence-corrected chi connectivity index (χ1v) is 7.96. The first-order chi connectivity index (χ1) is 11.1. The maximum Gasteiger partial charge on any atom is 0.277 e. The van der Waals surface area contributed by atoms with Crippen LogP contribution in [0.15, 0.2) is 42.9 Å². The van der Waals surface area contributed by atoms with Crippen LogP contribution in [0.25, 0.3) is 10.6 Å². The summed E-state index contributed by atoms with van der Waals surface area (Å²) >= 11 is 1.32. The number of nitrogens with one attached hydrogen (secondary N) is 1. The standard InChI is InChI=1S/C16H15N5OS/c1-10(2)11-3-5-12(6-4-11)15-20-21-16(23-15)19-14(22)13-9-17-7-8-18-13/h3-10H,1-2H3,(H,19,21,22). The zero-order valence-corrected chi connectivity index (χ0v) is 13.5. The van der Waals surface area contributed by atoms with Gasteiger partial charge in [0.25, 0.3) is 5.91 Å². The molecule has 0 unspecified atom stereocenters. The van der Waals surface area contributed by atoms with Crippen molar-refractivity contribution < 1.29 is 4.79 Å². The molecule has 0 bridgehead atoms. The number of hydrogen-bond donors (Lipinski definition) is 1. The van der Waals surface area contributed by atoms with E-state index < -0.39 is 0 Å². The average molecular weight is 325 g/mol. The molecule has 0 saturated carbocycles. The van der Waals surface area contributed by atoms with Gasteiger partial charge >= 0.3 is 0 Å². The third-order valence-electron chi connectivity index (χ3n) is 3.27. The molecule has 0 atom stereocenters. The number of carbonyl (C=O) groups is 1. The molecule has 6 nitrogen and oxygen atoms in total. The molecule has 0 aliphatic heterocycles. The van der Waals surface area contributed by atoms with Gasteiger partial charge < -0.3 is 0 Å². The number of aromatic nitrogens is 4. The van der Waals surface area contributed by atoms with Crippen LogP contribution in [0.3, 0.4) is 0 Å². The largest absolute Gasteiger partial charge is 0.295 e. The Kier molecular flexibility index (Phi) is 4.38. The Bertz CT molecular complexity index is 799. The molecule has 2 heterocycles. The minimum Gasteiger partial charge on any atom is -0.295 e. The van der Waals surface area contributed by atoms with Crippen molar-refractivity contribution in [1.29, 1.82) is 0 Å². The van der Waals surface area contributed by atoms with Gasteiger partial charge in [-0.2, -0.15) is 0 Å². The first-order valence-electron chi connectivity index (χ1n) is 7.14. The normalized spacial score (nSPS) is 10.7. The van der Waals surface area contributed by atoms with E-state index in [9.17, 15) is 4.79 Å². The predicted octanol–water partition coefficient (Wildman–Crippen LogP) is 3.37. The van der Waals surface area contributed by atoms with E-state index in [-0.39, 0.29) is 11.6 Å². The van der Waals surface area contributed by atoms with Gasteiger partial charge in [0.2, 0.25) is 5.13 Å². The summed E-state index contributed by atoms with van der Waals surface area (Å²) in [6.07, 6.45) is 4.39. The van der Waals surface area contributed by atoms with Gasteiger partial charge in [0.05, 0.1) is 6.20 Å². The summed E-state index contributed by atoms with van der Waals surface area (Å²) in [6.45, 7) is 4.31. The van der Waals surface area contributed by atoms with E-state index in [1.807, 2.05) is 12.1 Å². The highest BCUT2D eigenvalue weighted by molar-refractivity contribution is 7.18. The highest BCUT2D eigenvalue weighted by atomic mass is 32.1. The Morgan fingerprint density at radius 1 is 1.13 bits per heavy atom. The topological polar surface area (TPSA) is 80.7 Å². The number of amides is 1. The smallest absolute Gasteiger partial charge is 0.277 e. The second-order valence-corrected chi connectivity index (χ2v) is 6.21.